The molecule has 17 heavy (non-hydrogen) atoms. The number of hydrogen-bond acceptors (Lipinski definition) is 2. The molecular formula is C10H9ClF3N3. The van der Waals surface area contributed by atoms with Crippen LogP contribution in [0.5, 0.6) is 0 Å². The third-order valence-electron chi connectivity index (χ3n) is 2.48. The number of imidazole rings is 1. The maximum atomic E-state index is 12.8. The second-order valence-electron chi connectivity index (χ2n) is 3.63. The number of rotatable bonds is 1. The Morgan fingerprint density at radius 3 is 2.59 bits per heavy atom. The molecule has 2 heterocycles. The molecule has 0 saturated carbocycles. The van der Waals surface area contributed by atoms with Gasteiger partial charge in [0.2, 0.25) is 0 Å². The van der Waals surface area contributed by atoms with Crippen molar-refractivity contribution >= 4 is 17.2 Å². The first-order chi connectivity index (χ1) is 7.86. The van der Waals surface area contributed by atoms with Gasteiger partial charge in [-0.15, -0.1) is 0 Å². The van der Waals surface area contributed by atoms with Crippen molar-refractivity contribution in [2.24, 2.45) is 0 Å². The first-order valence-electron chi connectivity index (χ1n) is 4.96. The molecule has 0 aliphatic carbocycles. The largest absolute Gasteiger partial charge is 0.435 e. The zero-order valence-corrected chi connectivity index (χ0v) is 9.89. The minimum Gasteiger partial charge on any atom is -0.234 e. The van der Waals surface area contributed by atoms with E-state index in [2.05, 4.69) is 10.1 Å². The molecular weight excluding hydrogens is 255 g/mol. The lowest BCUT2D eigenvalue weighted by Crippen LogP contribution is -2.15. The highest BCUT2D eigenvalue weighted by Gasteiger charge is 2.37. The zero-order chi connectivity index (χ0) is 12.8. The van der Waals surface area contributed by atoms with Crippen molar-refractivity contribution in [2.45, 2.75) is 26.4 Å². The Morgan fingerprint density at radius 2 is 2.06 bits per heavy atom. The predicted molar refractivity (Wildman–Crippen MR) is 57.1 cm³/mol. The molecule has 0 saturated heterocycles. The summed E-state index contributed by atoms with van der Waals surface area (Å²) in [5.41, 5.74) is -0.195. The summed E-state index contributed by atoms with van der Waals surface area (Å²) in [4.78, 5) is 3.95. The van der Waals surface area contributed by atoms with Crippen LogP contribution in [0.25, 0.3) is 5.65 Å². The Hall–Kier alpha value is -1.30. The van der Waals surface area contributed by atoms with Crippen LogP contribution in [0.15, 0.2) is 6.20 Å². The van der Waals surface area contributed by atoms with E-state index in [9.17, 15) is 13.2 Å². The summed E-state index contributed by atoms with van der Waals surface area (Å²) in [6.07, 6.45) is -2.92. The van der Waals surface area contributed by atoms with Gasteiger partial charge in [0.1, 0.15) is 0 Å². The molecule has 2 aromatic rings. The van der Waals surface area contributed by atoms with Gasteiger partial charge in [0.25, 0.3) is 0 Å². The van der Waals surface area contributed by atoms with Gasteiger partial charge < -0.3 is 0 Å². The van der Waals surface area contributed by atoms with Crippen LogP contribution in [0, 0.1) is 6.92 Å². The number of halogens is 4. The van der Waals surface area contributed by atoms with E-state index in [0.717, 1.165) is 4.52 Å². The van der Waals surface area contributed by atoms with Gasteiger partial charge in [0.15, 0.2) is 11.3 Å². The number of aryl methyl sites for hydroxylation is 1. The Bertz CT molecular complexity index is 574. The summed E-state index contributed by atoms with van der Waals surface area (Å²) in [5.74, 6) is 0. The lowest BCUT2D eigenvalue weighted by atomic mass is 10.1. The van der Waals surface area contributed by atoms with Crippen molar-refractivity contribution < 1.29 is 13.2 Å². The molecule has 0 radical (unpaired) electrons. The quantitative estimate of drug-likeness (QED) is 0.790. The number of aromatic nitrogens is 3. The van der Waals surface area contributed by atoms with E-state index in [1.54, 1.807) is 13.8 Å². The highest BCUT2D eigenvalue weighted by Crippen LogP contribution is 2.35. The average molecular weight is 264 g/mol. The van der Waals surface area contributed by atoms with E-state index < -0.39 is 11.9 Å². The summed E-state index contributed by atoms with van der Waals surface area (Å²) in [5, 5.41) is 3.60. The normalized spacial score (nSPS) is 12.4. The van der Waals surface area contributed by atoms with E-state index in [1.165, 1.54) is 6.20 Å². The van der Waals surface area contributed by atoms with Crippen molar-refractivity contribution in [3.63, 3.8) is 0 Å². The maximum absolute atomic E-state index is 12.8. The zero-order valence-electron chi connectivity index (χ0n) is 9.14. The van der Waals surface area contributed by atoms with Gasteiger partial charge >= 0.3 is 6.18 Å². The van der Waals surface area contributed by atoms with Crippen molar-refractivity contribution in [3.05, 3.63) is 28.2 Å². The molecule has 2 aromatic heterocycles. The minimum absolute atomic E-state index is 0.0164. The SMILES string of the molecule is CCc1c(C(F)(F)F)nn2c(C)cnc2c1Cl. The van der Waals surface area contributed by atoms with Crippen LogP contribution in [-0.2, 0) is 12.6 Å². The van der Waals surface area contributed by atoms with Crippen molar-refractivity contribution in [1.29, 1.82) is 0 Å². The van der Waals surface area contributed by atoms with Crippen LogP contribution < -0.4 is 0 Å². The fraction of sp³-hybridized carbons (Fsp3) is 0.400. The van der Waals surface area contributed by atoms with E-state index in [4.69, 9.17) is 11.6 Å². The van der Waals surface area contributed by atoms with Crippen LogP contribution in [0.4, 0.5) is 13.2 Å². The van der Waals surface area contributed by atoms with Crippen LogP contribution in [-0.4, -0.2) is 14.6 Å². The van der Waals surface area contributed by atoms with Crippen LogP contribution >= 0.6 is 11.6 Å². The third-order valence-corrected chi connectivity index (χ3v) is 2.87. The van der Waals surface area contributed by atoms with Gasteiger partial charge in [0.05, 0.1) is 16.9 Å². The van der Waals surface area contributed by atoms with E-state index in [-0.39, 0.29) is 22.7 Å². The molecule has 0 bridgehead atoms. The van der Waals surface area contributed by atoms with Gasteiger partial charge in [-0.3, -0.25) is 0 Å². The van der Waals surface area contributed by atoms with E-state index in [1.807, 2.05) is 0 Å². The average Bonchev–Trinajstić information content (AvgIpc) is 2.59. The minimum atomic E-state index is -4.51. The van der Waals surface area contributed by atoms with Crippen LogP contribution in [0.3, 0.4) is 0 Å². The molecule has 0 unspecified atom stereocenters. The molecule has 0 atom stereocenters. The smallest absolute Gasteiger partial charge is 0.234 e. The maximum Gasteiger partial charge on any atom is 0.435 e. The second kappa shape index (κ2) is 3.87. The number of hydrogen-bond donors (Lipinski definition) is 0. The van der Waals surface area contributed by atoms with E-state index >= 15 is 0 Å². The van der Waals surface area contributed by atoms with Crippen molar-refractivity contribution in [2.75, 3.05) is 0 Å². The predicted octanol–water partition coefficient (Wildman–Crippen LogP) is 3.27. The molecule has 0 aliphatic heterocycles. The van der Waals surface area contributed by atoms with Crippen molar-refractivity contribution in [3.8, 4) is 0 Å². The Balaban J connectivity index is 2.87. The molecule has 2 rings (SSSR count). The van der Waals surface area contributed by atoms with E-state index in [0.29, 0.717) is 5.69 Å². The molecule has 0 spiro atoms. The topological polar surface area (TPSA) is 30.2 Å². The molecule has 0 amide bonds. The summed E-state index contributed by atoms with van der Waals surface area (Å²) in [6.45, 7) is 3.22. The van der Waals surface area contributed by atoms with Gasteiger partial charge in [0, 0.05) is 5.56 Å². The first kappa shape index (κ1) is 12.2. The molecule has 7 heteroatoms. The molecule has 0 N–H and O–H groups in total. The number of fused-ring (bicyclic) bond motifs is 1. The van der Waals surface area contributed by atoms with Crippen molar-refractivity contribution in [1.82, 2.24) is 14.6 Å². The monoisotopic (exact) mass is 263 g/mol. The molecule has 3 nitrogen and oxygen atoms in total. The van der Waals surface area contributed by atoms with Crippen LogP contribution in [0.1, 0.15) is 23.9 Å². The summed E-state index contributed by atoms with van der Waals surface area (Å²) < 4.78 is 39.6. The lowest BCUT2D eigenvalue weighted by Gasteiger charge is -2.13. The Kier molecular flexibility index (Phi) is 2.77. The van der Waals surface area contributed by atoms with Gasteiger partial charge in [-0.1, -0.05) is 18.5 Å². The molecule has 92 valence electrons. The molecule has 0 aliphatic rings. The van der Waals surface area contributed by atoms with Gasteiger partial charge in [-0.2, -0.15) is 18.3 Å². The lowest BCUT2D eigenvalue weighted by molar-refractivity contribution is -0.142. The fourth-order valence-corrected chi connectivity index (χ4v) is 2.01. The first-order valence-corrected chi connectivity index (χ1v) is 5.34. The van der Waals surface area contributed by atoms with Crippen LogP contribution in [0.2, 0.25) is 5.02 Å². The highest BCUT2D eigenvalue weighted by molar-refractivity contribution is 6.34. The summed E-state index contributed by atoms with van der Waals surface area (Å²) in [7, 11) is 0. The third kappa shape index (κ3) is 1.86. The van der Waals surface area contributed by atoms with Gasteiger partial charge in [-0.05, 0) is 13.3 Å². The summed E-state index contributed by atoms with van der Waals surface area (Å²) >= 11 is 5.94. The number of alkyl halides is 3. The molecule has 0 aromatic carbocycles. The summed E-state index contributed by atoms with van der Waals surface area (Å²) in [6, 6.07) is 0. The Labute approximate surface area is 100 Å². The fourth-order valence-electron chi connectivity index (χ4n) is 1.66. The molecule has 0 fully saturated rings. The van der Waals surface area contributed by atoms with Gasteiger partial charge in [-0.25, -0.2) is 9.50 Å². The standard InChI is InChI=1S/C10H9ClF3N3/c1-3-6-7(11)9-15-4-5(2)17(9)16-8(6)10(12,13)14/h4H,3H2,1-2H3. The highest BCUT2D eigenvalue weighted by atomic mass is 35.5. The Morgan fingerprint density at radius 1 is 1.41 bits per heavy atom. The second-order valence-corrected chi connectivity index (χ2v) is 4.01. The number of nitrogens with zero attached hydrogens (tertiary/aromatic N) is 3.